The van der Waals surface area contributed by atoms with E-state index in [1.54, 1.807) is 4.90 Å². The highest BCUT2D eigenvalue weighted by Crippen LogP contribution is 2.27. The van der Waals surface area contributed by atoms with E-state index in [1.807, 2.05) is 74.5 Å². The standard InChI is InChI=1S/C21H25NO3/c1-16(2)22(15-14-19(23)25-3)21(24)20(17-10-6-4-7-11-17)18-12-8-5-9-13-18/h4-13,16,20H,14-15H2,1-3H3. The second kappa shape index (κ2) is 9.02. The minimum Gasteiger partial charge on any atom is -0.469 e. The number of carbonyl (C=O) groups is 2. The summed E-state index contributed by atoms with van der Waals surface area (Å²) in [5.74, 6) is -0.701. The molecule has 0 aliphatic heterocycles. The Balaban J connectivity index is 2.34. The zero-order valence-corrected chi connectivity index (χ0v) is 15.0. The third kappa shape index (κ3) is 4.92. The van der Waals surface area contributed by atoms with Gasteiger partial charge in [0.1, 0.15) is 0 Å². The lowest BCUT2D eigenvalue weighted by molar-refractivity contribution is -0.142. The molecule has 0 atom stereocenters. The number of esters is 1. The van der Waals surface area contributed by atoms with Gasteiger partial charge in [0, 0.05) is 12.6 Å². The van der Waals surface area contributed by atoms with Gasteiger partial charge in [-0.15, -0.1) is 0 Å². The van der Waals surface area contributed by atoms with Crippen LogP contribution < -0.4 is 0 Å². The molecular formula is C21H25NO3. The topological polar surface area (TPSA) is 46.6 Å². The van der Waals surface area contributed by atoms with E-state index >= 15 is 0 Å². The Kier molecular flexibility index (Phi) is 6.75. The maximum atomic E-state index is 13.4. The molecule has 0 aliphatic rings. The average molecular weight is 339 g/mol. The number of carbonyl (C=O) groups excluding carboxylic acids is 2. The van der Waals surface area contributed by atoms with E-state index in [9.17, 15) is 9.59 Å². The summed E-state index contributed by atoms with van der Waals surface area (Å²) in [5.41, 5.74) is 1.89. The summed E-state index contributed by atoms with van der Waals surface area (Å²) in [4.78, 5) is 26.6. The number of rotatable bonds is 7. The van der Waals surface area contributed by atoms with Crippen molar-refractivity contribution in [1.82, 2.24) is 4.90 Å². The van der Waals surface area contributed by atoms with Crippen molar-refractivity contribution in [3.8, 4) is 0 Å². The summed E-state index contributed by atoms with van der Waals surface area (Å²) in [6.45, 7) is 4.27. The van der Waals surface area contributed by atoms with Crippen LogP contribution in [-0.4, -0.2) is 36.5 Å². The normalized spacial score (nSPS) is 10.8. The Morgan fingerprint density at radius 1 is 0.920 bits per heavy atom. The highest BCUT2D eigenvalue weighted by molar-refractivity contribution is 5.87. The highest BCUT2D eigenvalue weighted by Gasteiger charge is 2.29. The quantitative estimate of drug-likeness (QED) is 0.724. The first kappa shape index (κ1) is 18.7. The second-order valence-corrected chi connectivity index (χ2v) is 6.21. The summed E-state index contributed by atoms with van der Waals surface area (Å²) in [7, 11) is 1.36. The molecule has 0 fully saturated rings. The monoisotopic (exact) mass is 339 g/mol. The Morgan fingerprint density at radius 2 is 1.40 bits per heavy atom. The zero-order valence-electron chi connectivity index (χ0n) is 15.0. The summed E-state index contributed by atoms with van der Waals surface area (Å²) in [6, 6.07) is 19.5. The number of methoxy groups -OCH3 is 1. The van der Waals surface area contributed by atoms with Crippen LogP contribution in [0, 0.1) is 0 Å². The summed E-state index contributed by atoms with van der Waals surface area (Å²) < 4.78 is 4.71. The van der Waals surface area contributed by atoms with E-state index in [2.05, 4.69) is 0 Å². The molecule has 0 bridgehead atoms. The first-order valence-corrected chi connectivity index (χ1v) is 8.51. The van der Waals surface area contributed by atoms with Gasteiger partial charge < -0.3 is 9.64 Å². The van der Waals surface area contributed by atoms with Crippen LogP contribution in [-0.2, 0) is 14.3 Å². The van der Waals surface area contributed by atoms with E-state index in [4.69, 9.17) is 4.74 Å². The molecule has 2 rings (SSSR count). The van der Waals surface area contributed by atoms with Gasteiger partial charge in [0.05, 0.1) is 19.4 Å². The second-order valence-electron chi connectivity index (χ2n) is 6.21. The molecule has 2 aromatic carbocycles. The number of ether oxygens (including phenoxy) is 1. The molecule has 0 saturated heterocycles. The first-order chi connectivity index (χ1) is 12.0. The molecule has 1 amide bonds. The lowest BCUT2D eigenvalue weighted by Crippen LogP contribution is -2.41. The van der Waals surface area contributed by atoms with Gasteiger partial charge in [0.25, 0.3) is 0 Å². The van der Waals surface area contributed by atoms with Gasteiger partial charge in [-0.1, -0.05) is 60.7 Å². The zero-order chi connectivity index (χ0) is 18.2. The van der Waals surface area contributed by atoms with Crippen molar-refractivity contribution in [3.05, 3.63) is 71.8 Å². The van der Waals surface area contributed by atoms with Crippen LogP contribution in [0.2, 0.25) is 0 Å². The maximum Gasteiger partial charge on any atom is 0.307 e. The third-order valence-electron chi connectivity index (χ3n) is 4.20. The Bertz CT molecular complexity index is 643. The van der Waals surface area contributed by atoms with Crippen molar-refractivity contribution in [1.29, 1.82) is 0 Å². The first-order valence-electron chi connectivity index (χ1n) is 8.51. The van der Waals surface area contributed by atoms with Gasteiger partial charge in [-0.2, -0.15) is 0 Å². The van der Waals surface area contributed by atoms with E-state index in [0.717, 1.165) is 11.1 Å². The van der Waals surface area contributed by atoms with E-state index in [0.29, 0.717) is 6.54 Å². The van der Waals surface area contributed by atoms with E-state index in [1.165, 1.54) is 7.11 Å². The number of hydrogen-bond donors (Lipinski definition) is 0. The van der Waals surface area contributed by atoms with Gasteiger partial charge in [-0.25, -0.2) is 0 Å². The van der Waals surface area contributed by atoms with Crippen molar-refractivity contribution in [3.63, 3.8) is 0 Å². The molecule has 4 heteroatoms. The third-order valence-corrected chi connectivity index (χ3v) is 4.20. The Hall–Kier alpha value is -2.62. The molecule has 2 aromatic rings. The van der Waals surface area contributed by atoms with Gasteiger partial charge in [0.2, 0.25) is 5.91 Å². The molecule has 0 aliphatic carbocycles. The molecular weight excluding hydrogens is 314 g/mol. The Labute approximate surface area is 149 Å². The van der Waals surface area contributed by atoms with Gasteiger partial charge in [-0.3, -0.25) is 9.59 Å². The number of amides is 1. The minimum atomic E-state index is -0.387. The maximum absolute atomic E-state index is 13.4. The number of hydrogen-bond acceptors (Lipinski definition) is 3. The van der Waals surface area contributed by atoms with Crippen LogP contribution in [0.3, 0.4) is 0 Å². The van der Waals surface area contributed by atoms with Crippen LogP contribution in [0.25, 0.3) is 0 Å². The average Bonchev–Trinajstić information content (AvgIpc) is 2.63. The molecule has 0 heterocycles. The van der Waals surface area contributed by atoms with Crippen molar-refractivity contribution in [2.24, 2.45) is 0 Å². The smallest absolute Gasteiger partial charge is 0.307 e. The van der Waals surface area contributed by atoms with Crippen molar-refractivity contribution in [2.45, 2.75) is 32.2 Å². The number of nitrogens with zero attached hydrogens (tertiary/aromatic N) is 1. The highest BCUT2D eigenvalue weighted by atomic mass is 16.5. The molecule has 4 nitrogen and oxygen atoms in total. The fourth-order valence-corrected chi connectivity index (χ4v) is 2.87. The lowest BCUT2D eigenvalue weighted by Gasteiger charge is -2.31. The predicted octanol–water partition coefficient (Wildman–Crippen LogP) is 3.62. The molecule has 0 aromatic heterocycles. The van der Waals surface area contributed by atoms with Crippen LogP contribution >= 0.6 is 0 Å². The largest absolute Gasteiger partial charge is 0.469 e. The van der Waals surface area contributed by atoms with Crippen molar-refractivity contribution >= 4 is 11.9 Å². The Morgan fingerprint density at radius 3 is 1.80 bits per heavy atom. The van der Waals surface area contributed by atoms with Gasteiger partial charge >= 0.3 is 5.97 Å². The lowest BCUT2D eigenvalue weighted by atomic mass is 9.89. The molecule has 0 saturated carbocycles. The van der Waals surface area contributed by atoms with Crippen molar-refractivity contribution < 1.29 is 14.3 Å². The van der Waals surface area contributed by atoms with Gasteiger partial charge in [0.15, 0.2) is 0 Å². The predicted molar refractivity (Wildman–Crippen MR) is 98.2 cm³/mol. The SMILES string of the molecule is COC(=O)CCN(C(=O)C(c1ccccc1)c1ccccc1)C(C)C. The molecule has 0 N–H and O–H groups in total. The molecule has 0 unspecified atom stereocenters. The molecule has 132 valence electrons. The summed E-state index contributed by atoms with van der Waals surface area (Å²) in [5, 5.41) is 0. The van der Waals surface area contributed by atoms with Crippen LogP contribution in [0.15, 0.2) is 60.7 Å². The summed E-state index contributed by atoms with van der Waals surface area (Å²) in [6.07, 6.45) is 0.191. The fraction of sp³-hybridized carbons (Fsp3) is 0.333. The van der Waals surface area contributed by atoms with Crippen LogP contribution in [0.5, 0.6) is 0 Å². The van der Waals surface area contributed by atoms with E-state index < -0.39 is 0 Å². The van der Waals surface area contributed by atoms with Crippen LogP contribution in [0.4, 0.5) is 0 Å². The molecule has 0 spiro atoms. The fourth-order valence-electron chi connectivity index (χ4n) is 2.87. The summed E-state index contributed by atoms with van der Waals surface area (Å²) >= 11 is 0. The van der Waals surface area contributed by atoms with E-state index in [-0.39, 0.29) is 30.3 Å². The minimum absolute atomic E-state index is 0.00342. The van der Waals surface area contributed by atoms with Crippen LogP contribution in [0.1, 0.15) is 37.3 Å². The van der Waals surface area contributed by atoms with Crippen molar-refractivity contribution in [2.75, 3.05) is 13.7 Å². The molecule has 0 radical (unpaired) electrons. The molecule has 25 heavy (non-hydrogen) atoms. The number of benzene rings is 2. The van der Waals surface area contributed by atoms with Gasteiger partial charge in [-0.05, 0) is 25.0 Å².